The van der Waals surface area contributed by atoms with Gasteiger partial charge in [0.15, 0.2) is 5.82 Å². The molecule has 0 unspecified atom stereocenters. The van der Waals surface area contributed by atoms with Crippen molar-refractivity contribution in [3.05, 3.63) is 52.3 Å². The van der Waals surface area contributed by atoms with Gasteiger partial charge < -0.3 is 4.74 Å². The number of rotatable bonds is 4. The summed E-state index contributed by atoms with van der Waals surface area (Å²) >= 11 is 3.14. The van der Waals surface area contributed by atoms with Crippen molar-refractivity contribution in [3.63, 3.8) is 0 Å². The van der Waals surface area contributed by atoms with E-state index in [1.807, 2.05) is 53.9 Å². The molecule has 0 spiro atoms. The van der Waals surface area contributed by atoms with Crippen LogP contribution in [-0.4, -0.2) is 26.9 Å². The molecule has 0 aliphatic rings. The third kappa shape index (κ3) is 2.76. The Bertz CT molecular complexity index is 952. The summed E-state index contributed by atoms with van der Waals surface area (Å²) in [5, 5.41) is 15.9. The first-order valence-electron chi connectivity index (χ1n) is 6.92. The van der Waals surface area contributed by atoms with Crippen molar-refractivity contribution in [3.8, 4) is 16.5 Å². The molecule has 5 nitrogen and oxygen atoms in total. The molecule has 0 N–H and O–H groups in total. The minimum atomic E-state index is 0.787. The smallest absolute Gasteiger partial charge is 0.235 e. The molecular formula is C16H12N4OS2. The first-order chi connectivity index (χ1) is 11.3. The lowest BCUT2D eigenvalue weighted by Gasteiger charge is -1.98. The number of fused-ring (bicyclic) bond motifs is 1. The maximum atomic E-state index is 5.16. The van der Waals surface area contributed by atoms with Gasteiger partial charge in [0, 0.05) is 0 Å². The quantitative estimate of drug-likeness (QED) is 0.561. The van der Waals surface area contributed by atoms with Gasteiger partial charge in [-0.3, -0.25) is 0 Å². The van der Waals surface area contributed by atoms with Crippen LogP contribution in [0.1, 0.15) is 10.6 Å². The van der Waals surface area contributed by atoms with Crippen molar-refractivity contribution < 1.29 is 4.74 Å². The van der Waals surface area contributed by atoms with Crippen molar-refractivity contribution in [2.24, 2.45) is 0 Å². The van der Waals surface area contributed by atoms with Crippen LogP contribution in [0, 0.1) is 0 Å². The third-order valence-electron chi connectivity index (χ3n) is 3.28. The van der Waals surface area contributed by atoms with E-state index in [-0.39, 0.29) is 0 Å². The van der Waals surface area contributed by atoms with Gasteiger partial charge in [0.05, 0.1) is 12.0 Å². The zero-order valence-electron chi connectivity index (χ0n) is 12.2. The second kappa shape index (κ2) is 5.94. The van der Waals surface area contributed by atoms with Gasteiger partial charge in [-0.25, -0.2) is 0 Å². The summed E-state index contributed by atoms with van der Waals surface area (Å²) in [7, 11) is 1.66. The van der Waals surface area contributed by atoms with Crippen LogP contribution >= 0.6 is 22.7 Å². The molecule has 23 heavy (non-hydrogen) atoms. The maximum absolute atomic E-state index is 5.16. The van der Waals surface area contributed by atoms with Crippen molar-refractivity contribution in [1.29, 1.82) is 0 Å². The summed E-state index contributed by atoms with van der Waals surface area (Å²) < 4.78 is 6.95. The molecular weight excluding hydrogens is 328 g/mol. The fourth-order valence-electron chi connectivity index (χ4n) is 2.14. The molecule has 0 saturated heterocycles. The topological polar surface area (TPSA) is 52.3 Å². The van der Waals surface area contributed by atoms with Crippen LogP contribution in [0.25, 0.3) is 27.8 Å². The number of benzene rings is 1. The van der Waals surface area contributed by atoms with Gasteiger partial charge in [-0.15, -0.1) is 21.5 Å². The Hall–Kier alpha value is -2.51. The van der Waals surface area contributed by atoms with E-state index in [4.69, 9.17) is 4.74 Å². The SMILES string of the molecule is COc1ccc(/C=C\c2nn3c(-c4cccs4)nnc3s2)cc1. The van der Waals surface area contributed by atoms with Gasteiger partial charge in [-0.2, -0.15) is 9.61 Å². The fraction of sp³-hybridized carbons (Fsp3) is 0.0625. The number of ether oxygens (including phenoxy) is 1. The first-order valence-corrected chi connectivity index (χ1v) is 8.61. The Morgan fingerprint density at radius 3 is 2.70 bits per heavy atom. The summed E-state index contributed by atoms with van der Waals surface area (Å²) in [6.45, 7) is 0. The second-order valence-corrected chi connectivity index (χ2v) is 6.68. The lowest BCUT2D eigenvalue weighted by Crippen LogP contribution is -1.88. The van der Waals surface area contributed by atoms with Crippen LogP contribution in [0.2, 0.25) is 0 Å². The molecule has 0 bridgehead atoms. The molecule has 3 heterocycles. The lowest BCUT2D eigenvalue weighted by molar-refractivity contribution is 0.415. The van der Waals surface area contributed by atoms with Gasteiger partial charge in [0.2, 0.25) is 4.96 Å². The molecule has 114 valence electrons. The van der Waals surface area contributed by atoms with Crippen LogP contribution in [0.3, 0.4) is 0 Å². The Morgan fingerprint density at radius 2 is 1.96 bits per heavy atom. The molecule has 3 aromatic heterocycles. The predicted molar refractivity (Wildman–Crippen MR) is 93.9 cm³/mol. The molecule has 1 aromatic carbocycles. The number of nitrogens with zero attached hydrogens (tertiary/aromatic N) is 4. The van der Waals surface area contributed by atoms with Crippen LogP contribution in [0.15, 0.2) is 41.8 Å². The lowest BCUT2D eigenvalue weighted by atomic mass is 10.2. The Morgan fingerprint density at radius 1 is 1.09 bits per heavy atom. The van der Waals surface area contributed by atoms with E-state index in [1.54, 1.807) is 23.0 Å². The minimum absolute atomic E-state index is 0.787. The summed E-state index contributed by atoms with van der Waals surface area (Å²) in [5.41, 5.74) is 1.09. The predicted octanol–water partition coefficient (Wildman–Crippen LogP) is 4.09. The highest BCUT2D eigenvalue weighted by Crippen LogP contribution is 2.25. The van der Waals surface area contributed by atoms with E-state index in [0.29, 0.717) is 0 Å². The molecule has 4 rings (SSSR count). The minimum Gasteiger partial charge on any atom is -0.497 e. The standard InChI is InChI=1S/C16H12N4OS2/c1-21-12-7-4-11(5-8-12)6-9-14-19-20-15(13-3-2-10-22-13)17-18-16(20)23-14/h2-10H,1H3/b9-6-. The van der Waals surface area contributed by atoms with Gasteiger partial charge in [-0.05, 0) is 35.2 Å². The normalized spacial score (nSPS) is 11.5. The van der Waals surface area contributed by atoms with Crippen molar-refractivity contribution in [2.45, 2.75) is 0 Å². The van der Waals surface area contributed by atoms with Crippen LogP contribution in [-0.2, 0) is 0 Å². The van der Waals surface area contributed by atoms with Crippen molar-refractivity contribution >= 4 is 39.8 Å². The van der Waals surface area contributed by atoms with Gasteiger partial charge >= 0.3 is 0 Å². The number of aromatic nitrogens is 4. The largest absolute Gasteiger partial charge is 0.497 e. The van der Waals surface area contributed by atoms with Crippen LogP contribution in [0.5, 0.6) is 5.75 Å². The van der Waals surface area contributed by atoms with Crippen LogP contribution in [0.4, 0.5) is 0 Å². The summed E-state index contributed by atoms with van der Waals surface area (Å²) in [4.78, 5) is 1.86. The van der Waals surface area contributed by atoms with E-state index in [2.05, 4.69) is 15.3 Å². The van der Waals surface area contributed by atoms with Crippen molar-refractivity contribution in [2.75, 3.05) is 7.11 Å². The average molecular weight is 340 g/mol. The number of thiophene rings is 1. The number of hydrogen-bond acceptors (Lipinski definition) is 6. The average Bonchev–Trinajstić information content (AvgIpc) is 3.29. The number of methoxy groups -OCH3 is 1. The highest BCUT2D eigenvalue weighted by molar-refractivity contribution is 7.17. The molecule has 0 aliphatic heterocycles. The Balaban J connectivity index is 1.63. The zero-order valence-corrected chi connectivity index (χ0v) is 13.8. The number of hydrogen-bond donors (Lipinski definition) is 0. The molecule has 7 heteroatoms. The van der Waals surface area contributed by atoms with E-state index < -0.39 is 0 Å². The molecule has 0 radical (unpaired) electrons. The fourth-order valence-corrected chi connectivity index (χ4v) is 3.58. The van der Waals surface area contributed by atoms with Gasteiger partial charge in [0.1, 0.15) is 10.8 Å². The highest BCUT2D eigenvalue weighted by atomic mass is 32.1. The summed E-state index contributed by atoms with van der Waals surface area (Å²) in [6, 6.07) is 11.9. The van der Waals surface area contributed by atoms with E-state index >= 15 is 0 Å². The summed E-state index contributed by atoms with van der Waals surface area (Å²) in [6.07, 6.45) is 4.01. The monoisotopic (exact) mass is 340 g/mol. The van der Waals surface area contributed by atoms with Crippen molar-refractivity contribution in [1.82, 2.24) is 19.8 Å². The zero-order chi connectivity index (χ0) is 15.6. The Labute approximate surface area is 140 Å². The van der Waals surface area contributed by atoms with E-state index in [1.165, 1.54) is 11.3 Å². The Kier molecular flexibility index (Phi) is 3.64. The molecule has 0 saturated carbocycles. The van der Waals surface area contributed by atoms with Gasteiger partial charge in [-0.1, -0.05) is 35.6 Å². The van der Waals surface area contributed by atoms with Gasteiger partial charge in [0.25, 0.3) is 0 Å². The van der Waals surface area contributed by atoms with Crippen LogP contribution < -0.4 is 4.74 Å². The third-order valence-corrected chi connectivity index (χ3v) is 5.01. The summed E-state index contributed by atoms with van der Waals surface area (Å²) in [5.74, 6) is 1.64. The molecule has 4 aromatic rings. The molecule has 0 atom stereocenters. The molecule has 0 aliphatic carbocycles. The molecule has 0 amide bonds. The first kappa shape index (κ1) is 14.1. The highest BCUT2D eigenvalue weighted by Gasteiger charge is 2.12. The molecule has 0 fully saturated rings. The van der Waals surface area contributed by atoms with E-state index in [9.17, 15) is 0 Å². The van der Waals surface area contributed by atoms with E-state index in [0.717, 1.165) is 32.0 Å². The second-order valence-electron chi connectivity index (χ2n) is 4.74. The maximum Gasteiger partial charge on any atom is 0.235 e.